The largest absolute Gasteiger partial charge is 0.380 e. The average Bonchev–Trinajstić information content (AvgIpc) is 3.31. The highest BCUT2D eigenvalue weighted by Crippen LogP contribution is 2.63. The first-order valence-corrected chi connectivity index (χ1v) is 9.96. The van der Waals surface area contributed by atoms with Crippen LogP contribution < -0.4 is 0 Å². The third-order valence-electron chi connectivity index (χ3n) is 4.92. The lowest BCUT2D eigenvalue weighted by Crippen LogP contribution is -2.19. The molecule has 1 aliphatic rings. The molecule has 1 saturated carbocycles. The van der Waals surface area contributed by atoms with E-state index in [9.17, 15) is 18.1 Å². The standard InChI is InChI=1S/C20H20FNO3S/c1-3-25-13-20(12-22)18(15-6-8-16(21)9-7-15)19(20)26(23,24)17-10-4-14(2)5-11-17/h4-11,18-19H,3,13H2,1-2H3. The minimum atomic E-state index is -3.74. The van der Waals surface area contributed by atoms with Crippen LogP contribution in [0.15, 0.2) is 53.4 Å². The molecule has 0 spiro atoms. The molecule has 2 aromatic rings. The first-order chi connectivity index (χ1) is 12.4. The molecule has 4 nitrogen and oxygen atoms in total. The zero-order valence-electron chi connectivity index (χ0n) is 14.6. The van der Waals surface area contributed by atoms with Crippen LogP contribution in [-0.4, -0.2) is 26.9 Å². The molecule has 1 aliphatic carbocycles. The van der Waals surface area contributed by atoms with Crippen molar-refractivity contribution in [2.24, 2.45) is 5.41 Å². The van der Waals surface area contributed by atoms with E-state index >= 15 is 0 Å². The SMILES string of the molecule is CCOCC1(C#N)C(c2ccc(F)cc2)C1S(=O)(=O)c1ccc(C)cc1. The highest BCUT2D eigenvalue weighted by Gasteiger charge is 2.72. The van der Waals surface area contributed by atoms with Crippen LogP contribution in [0.25, 0.3) is 0 Å². The van der Waals surface area contributed by atoms with Crippen LogP contribution in [0.4, 0.5) is 4.39 Å². The van der Waals surface area contributed by atoms with Crippen LogP contribution >= 0.6 is 0 Å². The van der Waals surface area contributed by atoms with E-state index in [2.05, 4.69) is 6.07 Å². The number of rotatable bonds is 6. The molecule has 136 valence electrons. The summed E-state index contributed by atoms with van der Waals surface area (Å²) < 4.78 is 45.1. The molecule has 0 saturated heterocycles. The summed E-state index contributed by atoms with van der Waals surface area (Å²) in [7, 11) is -3.74. The van der Waals surface area contributed by atoms with Crippen molar-refractivity contribution in [1.82, 2.24) is 0 Å². The quantitative estimate of drug-likeness (QED) is 0.776. The third-order valence-corrected chi connectivity index (χ3v) is 7.21. The molecule has 2 aromatic carbocycles. The molecule has 26 heavy (non-hydrogen) atoms. The summed E-state index contributed by atoms with van der Waals surface area (Å²) in [5, 5.41) is 8.91. The number of halogens is 1. The predicted molar refractivity (Wildman–Crippen MR) is 95.8 cm³/mol. The third kappa shape index (κ3) is 3.02. The smallest absolute Gasteiger partial charge is 0.183 e. The first-order valence-electron chi connectivity index (χ1n) is 8.42. The lowest BCUT2D eigenvalue weighted by Gasteiger charge is -2.10. The van der Waals surface area contributed by atoms with Gasteiger partial charge in [0.05, 0.1) is 22.8 Å². The Balaban J connectivity index is 2.05. The van der Waals surface area contributed by atoms with E-state index in [0.717, 1.165) is 5.56 Å². The molecule has 0 N–H and O–H groups in total. The van der Waals surface area contributed by atoms with Gasteiger partial charge in [0.25, 0.3) is 0 Å². The first kappa shape index (κ1) is 18.6. The number of nitrogens with zero attached hydrogens (tertiary/aromatic N) is 1. The number of hydrogen-bond donors (Lipinski definition) is 0. The Hall–Kier alpha value is -2.23. The number of ether oxygens (including phenoxy) is 1. The van der Waals surface area contributed by atoms with E-state index in [-0.39, 0.29) is 11.5 Å². The molecular formula is C20H20FNO3S. The van der Waals surface area contributed by atoms with Gasteiger partial charge in [0, 0.05) is 12.5 Å². The van der Waals surface area contributed by atoms with Crippen LogP contribution in [0.3, 0.4) is 0 Å². The van der Waals surface area contributed by atoms with Crippen LogP contribution in [0, 0.1) is 29.5 Å². The van der Waals surface area contributed by atoms with Crippen molar-refractivity contribution in [3.05, 3.63) is 65.5 Å². The van der Waals surface area contributed by atoms with Gasteiger partial charge in [-0.25, -0.2) is 12.8 Å². The van der Waals surface area contributed by atoms with E-state index in [4.69, 9.17) is 4.74 Å². The molecule has 3 unspecified atom stereocenters. The summed E-state index contributed by atoms with van der Waals surface area (Å²) in [6.07, 6.45) is 0. The summed E-state index contributed by atoms with van der Waals surface area (Å²) >= 11 is 0. The fourth-order valence-corrected chi connectivity index (χ4v) is 5.80. The van der Waals surface area contributed by atoms with E-state index in [0.29, 0.717) is 12.2 Å². The van der Waals surface area contributed by atoms with Crippen molar-refractivity contribution in [2.45, 2.75) is 29.9 Å². The average molecular weight is 373 g/mol. The van der Waals surface area contributed by atoms with Gasteiger partial charge in [0.15, 0.2) is 9.84 Å². The van der Waals surface area contributed by atoms with Gasteiger partial charge in [0.2, 0.25) is 0 Å². The van der Waals surface area contributed by atoms with Gasteiger partial charge in [-0.1, -0.05) is 29.8 Å². The Kier molecular flexibility index (Phi) is 4.87. The van der Waals surface area contributed by atoms with Gasteiger partial charge in [-0.05, 0) is 43.7 Å². The Bertz CT molecular complexity index is 933. The second kappa shape index (κ2) is 6.82. The molecule has 1 fully saturated rings. The normalized spacial score (nSPS) is 24.8. The fourth-order valence-electron chi connectivity index (χ4n) is 3.49. The summed E-state index contributed by atoms with van der Waals surface area (Å²) in [4.78, 5) is 0.189. The fraction of sp³-hybridized carbons (Fsp3) is 0.350. The second-order valence-electron chi connectivity index (χ2n) is 6.60. The Morgan fingerprint density at radius 3 is 2.31 bits per heavy atom. The highest BCUT2D eigenvalue weighted by atomic mass is 32.2. The molecule has 0 radical (unpaired) electrons. The highest BCUT2D eigenvalue weighted by molar-refractivity contribution is 7.92. The van der Waals surface area contributed by atoms with Crippen molar-refractivity contribution in [2.75, 3.05) is 13.2 Å². The number of aryl methyl sites for hydroxylation is 1. The number of sulfone groups is 1. The van der Waals surface area contributed by atoms with Crippen LogP contribution in [-0.2, 0) is 14.6 Å². The van der Waals surface area contributed by atoms with Gasteiger partial charge in [0.1, 0.15) is 11.2 Å². The zero-order chi connectivity index (χ0) is 18.9. The van der Waals surface area contributed by atoms with Gasteiger partial charge in [-0.3, -0.25) is 0 Å². The molecule has 0 bridgehead atoms. The van der Waals surface area contributed by atoms with Crippen molar-refractivity contribution in [3.8, 4) is 6.07 Å². The molecule has 3 rings (SSSR count). The number of benzene rings is 2. The maximum atomic E-state index is 13.3. The molecule has 6 heteroatoms. The lowest BCUT2D eigenvalue weighted by molar-refractivity contribution is 0.117. The molecule has 3 atom stereocenters. The van der Waals surface area contributed by atoms with E-state index in [1.54, 1.807) is 43.3 Å². The lowest BCUT2D eigenvalue weighted by atomic mass is 10.0. The van der Waals surface area contributed by atoms with Crippen LogP contribution in [0.2, 0.25) is 0 Å². The minimum Gasteiger partial charge on any atom is -0.380 e. The minimum absolute atomic E-state index is 0.0256. The van der Waals surface area contributed by atoms with Gasteiger partial charge in [-0.2, -0.15) is 5.26 Å². The Morgan fingerprint density at radius 1 is 1.15 bits per heavy atom. The van der Waals surface area contributed by atoms with E-state index in [1.165, 1.54) is 12.1 Å². The number of nitriles is 1. The summed E-state index contributed by atoms with van der Waals surface area (Å²) in [6.45, 7) is 4.09. The summed E-state index contributed by atoms with van der Waals surface area (Å²) in [5.74, 6) is -0.953. The van der Waals surface area contributed by atoms with Crippen molar-refractivity contribution < 1.29 is 17.5 Å². The topological polar surface area (TPSA) is 67.2 Å². The maximum absolute atomic E-state index is 13.3. The summed E-state index contributed by atoms with van der Waals surface area (Å²) in [5.41, 5.74) is 0.418. The monoisotopic (exact) mass is 373 g/mol. The molecule has 0 aliphatic heterocycles. The van der Waals surface area contributed by atoms with Crippen molar-refractivity contribution in [3.63, 3.8) is 0 Å². The number of hydrogen-bond acceptors (Lipinski definition) is 4. The maximum Gasteiger partial charge on any atom is 0.183 e. The van der Waals surface area contributed by atoms with Crippen LogP contribution in [0.5, 0.6) is 0 Å². The van der Waals surface area contributed by atoms with Gasteiger partial charge in [-0.15, -0.1) is 0 Å². The molecule has 0 heterocycles. The zero-order valence-corrected chi connectivity index (χ0v) is 15.5. The van der Waals surface area contributed by atoms with Gasteiger partial charge < -0.3 is 4.74 Å². The van der Waals surface area contributed by atoms with E-state index < -0.39 is 32.2 Å². The molecular weight excluding hydrogens is 353 g/mol. The second-order valence-corrected chi connectivity index (χ2v) is 8.67. The van der Waals surface area contributed by atoms with Crippen LogP contribution in [0.1, 0.15) is 24.0 Å². The Morgan fingerprint density at radius 2 is 1.77 bits per heavy atom. The van der Waals surface area contributed by atoms with Gasteiger partial charge >= 0.3 is 0 Å². The van der Waals surface area contributed by atoms with E-state index in [1.807, 2.05) is 6.92 Å². The molecule has 0 aromatic heterocycles. The molecule has 0 amide bonds. The summed E-state index contributed by atoms with van der Waals surface area (Å²) in [6, 6.07) is 14.4. The predicted octanol–water partition coefficient (Wildman–Crippen LogP) is 3.62. The van der Waals surface area contributed by atoms with Crippen molar-refractivity contribution in [1.29, 1.82) is 5.26 Å². The Labute approximate surface area is 153 Å². The van der Waals surface area contributed by atoms with Crippen molar-refractivity contribution >= 4 is 9.84 Å².